The highest BCUT2D eigenvalue weighted by molar-refractivity contribution is 6.02. The van der Waals surface area contributed by atoms with Crippen molar-refractivity contribution in [1.82, 2.24) is 15.1 Å². The zero-order valence-corrected chi connectivity index (χ0v) is 20.2. The Morgan fingerprint density at radius 2 is 2.00 bits per heavy atom. The molecule has 1 aromatic carbocycles. The quantitative estimate of drug-likeness (QED) is 0.584. The van der Waals surface area contributed by atoms with Gasteiger partial charge in [-0.3, -0.25) is 19.2 Å². The molecule has 13 heteroatoms. The van der Waals surface area contributed by atoms with Crippen LogP contribution >= 0.6 is 0 Å². The number of rotatable bonds is 6. The topological polar surface area (TPSA) is 132 Å². The molecular formula is C24H26F3N5O5. The number of carbonyl (C=O) groups is 4. The van der Waals surface area contributed by atoms with Crippen molar-refractivity contribution in [2.75, 3.05) is 18.9 Å². The number of hydrogen-bond donors (Lipinski definition) is 2. The largest absolute Gasteiger partial charge is 0.473 e. The normalized spacial score (nSPS) is 24.3. The van der Waals surface area contributed by atoms with Crippen molar-refractivity contribution in [2.24, 2.45) is 5.92 Å². The van der Waals surface area contributed by atoms with Crippen molar-refractivity contribution < 1.29 is 37.1 Å². The molecule has 0 aromatic heterocycles. The summed E-state index contributed by atoms with van der Waals surface area (Å²) >= 11 is 0. The summed E-state index contributed by atoms with van der Waals surface area (Å²) in [6.07, 6.45) is -3.39. The van der Waals surface area contributed by atoms with E-state index >= 15 is 0 Å². The van der Waals surface area contributed by atoms with Crippen molar-refractivity contribution in [2.45, 2.75) is 62.5 Å². The molecule has 2 aliphatic heterocycles. The predicted octanol–water partition coefficient (Wildman–Crippen LogP) is 1.57. The van der Waals surface area contributed by atoms with Gasteiger partial charge in [-0.05, 0) is 31.4 Å². The van der Waals surface area contributed by atoms with Crippen LogP contribution in [0.4, 0.5) is 18.9 Å². The zero-order valence-electron chi connectivity index (χ0n) is 20.2. The standard InChI is InChI=1S/C24H26F3N5O5/c1-13(29-22(36)24(25,26)27)19(33)31(2)17(9-14-7-8-14)20(34)32-12-23(10-15(32)11-28)21(35)30-16-5-3-4-6-18(16)37-23/h3-6,13-15,17H,7-10,12H2,1-2H3,(H,29,36)(H,30,35). The first-order valence-electron chi connectivity index (χ1n) is 11.8. The van der Waals surface area contributed by atoms with Crippen LogP contribution in [0.2, 0.25) is 0 Å². The molecule has 4 atom stereocenters. The molecule has 37 heavy (non-hydrogen) atoms. The fraction of sp³-hybridized carbons (Fsp3) is 0.542. The zero-order chi connectivity index (χ0) is 27.1. The lowest BCUT2D eigenvalue weighted by molar-refractivity contribution is -0.175. The van der Waals surface area contributed by atoms with E-state index in [2.05, 4.69) is 5.32 Å². The minimum atomic E-state index is -5.17. The number of amides is 4. The lowest BCUT2D eigenvalue weighted by Gasteiger charge is -2.35. The van der Waals surface area contributed by atoms with E-state index in [1.807, 2.05) is 6.07 Å². The molecule has 2 fully saturated rings. The summed E-state index contributed by atoms with van der Waals surface area (Å²) in [5, 5.41) is 14.2. The number of likely N-dealkylation sites (N-methyl/N-ethyl adjacent to an activating group) is 1. The summed E-state index contributed by atoms with van der Waals surface area (Å²) < 4.78 is 44.0. The van der Waals surface area contributed by atoms with Gasteiger partial charge in [-0.25, -0.2) is 0 Å². The minimum Gasteiger partial charge on any atom is -0.473 e. The number of likely N-dealkylation sites (tertiary alicyclic amines) is 1. The van der Waals surface area contributed by atoms with Crippen LogP contribution in [0.25, 0.3) is 0 Å². The molecule has 1 spiro atoms. The van der Waals surface area contributed by atoms with Gasteiger partial charge in [0.25, 0.3) is 5.91 Å². The molecule has 1 saturated heterocycles. The highest BCUT2D eigenvalue weighted by Crippen LogP contribution is 2.41. The van der Waals surface area contributed by atoms with E-state index < -0.39 is 53.5 Å². The fourth-order valence-electron chi connectivity index (χ4n) is 4.69. The highest BCUT2D eigenvalue weighted by Gasteiger charge is 2.56. The maximum atomic E-state index is 13.7. The number of fused-ring (bicyclic) bond motifs is 1. The molecule has 1 saturated carbocycles. The van der Waals surface area contributed by atoms with E-state index in [0.717, 1.165) is 24.7 Å². The molecule has 3 aliphatic rings. The second kappa shape index (κ2) is 9.57. The number of nitrogens with one attached hydrogen (secondary N) is 2. The lowest BCUT2D eigenvalue weighted by Crippen LogP contribution is -2.57. The molecule has 0 radical (unpaired) electrons. The average Bonchev–Trinajstić information content (AvgIpc) is 3.60. The van der Waals surface area contributed by atoms with E-state index in [1.54, 1.807) is 29.6 Å². The third-order valence-corrected chi connectivity index (χ3v) is 6.94. The summed E-state index contributed by atoms with van der Waals surface area (Å²) in [5.41, 5.74) is -1.05. The predicted molar refractivity (Wildman–Crippen MR) is 122 cm³/mol. The maximum Gasteiger partial charge on any atom is 0.471 e. The smallest absolute Gasteiger partial charge is 0.471 e. The van der Waals surface area contributed by atoms with Crippen LogP contribution in [-0.2, 0) is 19.2 Å². The Morgan fingerprint density at radius 1 is 1.32 bits per heavy atom. The molecular weight excluding hydrogens is 495 g/mol. The number of anilines is 1. The first-order valence-corrected chi connectivity index (χ1v) is 11.8. The Labute approximate surface area is 210 Å². The van der Waals surface area contributed by atoms with Crippen LogP contribution in [0.1, 0.15) is 32.6 Å². The van der Waals surface area contributed by atoms with Gasteiger partial charge in [0.15, 0.2) is 0 Å². The number of carbonyl (C=O) groups excluding carboxylic acids is 4. The van der Waals surface area contributed by atoms with E-state index in [1.165, 1.54) is 11.9 Å². The molecule has 4 unspecified atom stereocenters. The number of nitrogens with zero attached hydrogens (tertiary/aromatic N) is 3. The number of benzene rings is 1. The molecule has 0 bridgehead atoms. The molecule has 4 rings (SSSR count). The van der Waals surface area contributed by atoms with E-state index in [4.69, 9.17) is 4.74 Å². The molecule has 1 aromatic rings. The Kier molecular flexibility index (Phi) is 6.79. The second-order valence-electron chi connectivity index (χ2n) is 9.70. The van der Waals surface area contributed by atoms with Crippen LogP contribution in [0.3, 0.4) is 0 Å². The number of ether oxygens (including phenoxy) is 1. The van der Waals surface area contributed by atoms with E-state index in [-0.39, 0.29) is 25.3 Å². The van der Waals surface area contributed by atoms with Gasteiger partial charge >= 0.3 is 12.1 Å². The summed E-state index contributed by atoms with van der Waals surface area (Å²) in [7, 11) is 1.27. The molecule has 1 aliphatic carbocycles. The number of halogens is 3. The van der Waals surface area contributed by atoms with Gasteiger partial charge in [0.1, 0.15) is 23.9 Å². The first kappa shape index (κ1) is 26.2. The van der Waals surface area contributed by atoms with Crippen LogP contribution < -0.4 is 15.4 Å². The minimum absolute atomic E-state index is 0.0960. The summed E-state index contributed by atoms with van der Waals surface area (Å²) in [5.74, 6) is -3.76. The van der Waals surface area contributed by atoms with Crippen LogP contribution in [0.5, 0.6) is 5.75 Å². The number of alkyl halides is 3. The first-order chi connectivity index (χ1) is 17.4. The fourth-order valence-corrected chi connectivity index (χ4v) is 4.69. The summed E-state index contributed by atoms with van der Waals surface area (Å²) in [6.45, 7) is 0.857. The third kappa shape index (κ3) is 5.19. The van der Waals surface area contributed by atoms with Gasteiger partial charge in [0.2, 0.25) is 17.4 Å². The molecule has 2 N–H and O–H groups in total. The third-order valence-electron chi connectivity index (χ3n) is 6.94. The Balaban J connectivity index is 1.55. The van der Waals surface area contributed by atoms with E-state index in [0.29, 0.717) is 11.4 Å². The van der Waals surface area contributed by atoms with Crippen molar-refractivity contribution in [3.63, 3.8) is 0 Å². The van der Waals surface area contributed by atoms with Crippen LogP contribution in [-0.4, -0.2) is 76.9 Å². The monoisotopic (exact) mass is 521 g/mol. The Bertz CT molecular complexity index is 1160. The molecule has 4 amide bonds. The number of nitriles is 1. The summed E-state index contributed by atoms with van der Waals surface area (Å²) in [6, 6.07) is 5.10. The van der Waals surface area contributed by atoms with Crippen molar-refractivity contribution >= 4 is 29.3 Å². The van der Waals surface area contributed by atoms with Gasteiger partial charge in [-0.15, -0.1) is 0 Å². The van der Waals surface area contributed by atoms with Crippen molar-refractivity contribution in [1.29, 1.82) is 5.26 Å². The lowest BCUT2D eigenvalue weighted by atomic mass is 9.97. The summed E-state index contributed by atoms with van der Waals surface area (Å²) in [4.78, 5) is 53.2. The van der Waals surface area contributed by atoms with E-state index in [9.17, 15) is 37.6 Å². The van der Waals surface area contributed by atoms with Gasteiger partial charge in [0.05, 0.1) is 18.3 Å². The average molecular weight is 521 g/mol. The van der Waals surface area contributed by atoms with Gasteiger partial charge in [-0.2, -0.15) is 18.4 Å². The van der Waals surface area contributed by atoms with Gasteiger partial charge < -0.3 is 25.2 Å². The van der Waals surface area contributed by atoms with Crippen molar-refractivity contribution in [3.05, 3.63) is 24.3 Å². The Hall–Kier alpha value is -3.82. The molecule has 198 valence electrons. The number of hydrogen-bond acceptors (Lipinski definition) is 6. The van der Waals surface area contributed by atoms with Crippen LogP contribution in [0.15, 0.2) is 24.3 Å². The maximum absolute atomic E-state index is 13.7. The molecule has 2 heterocycles. The highest BCUT2D eigenvalue weighted by atomic mass is 19.4. The second-order valence-corrected chi connectivity index (χ2v) is 9.70. The van der Waals surface area contributed by atoms with Crippen LogP contribution in [0, 0.1) is 17.2 Å². The van der Waals surface area contributed by atoms with Gasteiger partial charge in [-0.1, -0.05) is 25.0 Å². The Morgan fingerprint density at radius 3 is 2.62 bits per heavy atom. The number of para-hydroxylation sites is 2. The SMILES string of the molecule is CC(NC(=O)C(F)(F)F)C(=O)N(C)C(CC1CC1)C(=O)N1CC2(CC1C#N)Oc1ccccc1NC2=O. The van der Waals surface area contributed by atoms with Crippen molar-refractivity contribution in [3.8, 4) is 11.8 Å². The molecule has 10 nitrogen and oxygen atoms in total. The van der Waals surface area contributed by atoms with Gasteiger partial charge in [0, 0.05) is 13.5 Å².